The Hall–Kier alpha value is -3.86. The third-order valence-electron chi connectivity index (χ3n) is 4.77. The Balaban J connectivity index is 1.73. The quantitative estimate of drug-likeness (QED) is 0.399. The van der Waals surface area contributed by atoms with Crippen molar-refractivity contribution in [1.29, 1.82) is 0 Å². The van der Waals surface area contributed by atoms with E-state index in [1.54, 1.807) is 24.3 Å². The fraction of sp³-hybridized carbons (Fsp3) is 0.120. The van der Waals surface area contributed by atoms with Gasteiger partial charge >= 0.3 is 0 Å². The number of nitrogens with two attached hydrogens (primary N) is 2. The van der Waals surface area contributed by atoms with Gasteiger partial charge < -0.3 is 16.8 Å². The fourth-order valence-electron chi connectivity index (χ4n) is 3.10. The van der Waals surface area contributed by atoms with Gasteiger partial charge in [-0.2, -0.15) is 0 Å². The van der Waals surface area contributed by atoms with Crippen molar-refractivity contribution in [3.05, 3.63) is 101 Å². The van der Waals surface area contributed by atoms with Crippen molar-refractivity contribution in [3.8, 4) is 0 Å². The van der Waals surface area contributed by atoms with Gasteiger partial charge in [-0.3, -0.25) is 9.79 Å². The molecule has 3 aromatic carbocycles. The molecule has 0 spiro atoms. The van der Waals surface area contributed by atoms with Gasteiger partial charge in [0, 0.05) is 23.4 Å². The first-order valence-electron chi connectivity index (χ1n) is 9.75. The molecule has 0 unspecified atom stereocenters. The van der Waals surface area contributed by atoms with E-state index in [9.17, 15) is 4.79 Å². The number of hydrogen-bond acceptors (Lipinski definition) is 4. The lowest BCUT2D eigenvalue weighted by Gasteiger charge is -2.11. The number of para-hydroxylation sites is 3. The Labute approximate surface area is 177 Å². The molecule has 5 heteroatoms. The minimum absolute atomic E-state index is 0.202. The summed E-state index contributed by atoms with van der Waals surface area (Å²) in [4.78, 5) is 17.2. The SMILES string of the molecule is CC(=Nc1ccccc1)C(Cc1ccc(C(=O)Nc2ccccc2N)cc1)=C(C)N. The Kier molecular flexibility index (Phi) is 6.65. The third-order valence-corrected chi connectivity index (χ3v) is 4.77. The van der Waals surface area contributed by atoms with E-state index in [-0.39, 0.29) is 5.91 Å². The van der Waals surface area contributed by atoms with Crippen LogP contribution in [0.3, 0.4) is 0 Å². The molecule has 152 valence electrons. The van der Waals surface area contributed by atoms with E-state index in [1.807, 2.05) is 68.4 Å². The van der Waals surface area contributed by atoms with Crippen LogP contribution in [0.1, 0.15) is 29.8 Å². The topological polar surface area (TPSA) is 93.5 Å². The summed E-state index contributed by atoms with van der Waals surface area (Å²) in [5.74, 6) is -0.202. The molecule has 5 nitrogen and oxygen atoms in total. The molecule has 30 heavy (non-hydrogen) atoms. The second kappa shape index (κ2) is 9.56. The first-order valence-corrected chi connectivity index (χ1v) is 9.75. The lowest BCUT2D eigenvalue weighted by molar-refractivity contribution is 0.102. The number of aliphatic imine (C=N–C) groups is 1. The van der Waals surface area contributed by atoms with Crippen LogP contribution in [0.5, 0.6) is 0 Å². The van der Waals surface area contributed by atoms with Crippen molar-refractivity contribution in [3.63, 3.8) is 0 Å². The second-order valence-corrected chi connectivity index (χ2v) is 7.11. The van der Waals surface area contributed by atoms with Gasteiger partial charge in [0.2, 0.25) is 0 Å². The first kappa shape index (κ1) is 20.9. The Morgan fingerprint density at radius 3 is 2.17 bits per heavy atom. The van der Waals surface area contributed by atoms with Crippen LogP contribution in [-0.2, 0) is 6.42 Å². The van der Waals surface area contributed by atoms with Crippen molar-refractivity contribution in [2.45, 2.75) is 20.3 Å². The maximum Gasteiger partial charge on any atom is 0.255 e. The molecule has 0 aliphatic carbocycles. The van der Waals surface area contributed by atoms with Gasteiger partial charge in [-0.05, 0) is 61.4 Å². The summed E-state index contributed by atoms with van der Waals surface area (Å²) in [5, 5.41) is 2.84. The van der Waals surface area contributed by atoms with Crippen molar-refractivity contribution in [2.75, 3.05) is 11.1 Å². The van der Waals surface area contributed by atoms with E-state index in [2.05, 4.69) is 10.3 Å². The van der Waals surface area contributed by atoms with Crippen LogP contribution in [0.4, 0.5) is 17.1 Å². The van der Waals surface area contributed by atoms with E-state index in [4.69, 9.17) is 11.5 Å². The monoisotopic (exact) mass is 398 g/mol. The minimum Gasteiger partial charge on any atom is -0.402 e. The minimum atomic E-state index is -0.202. The highest BCUT2D eigenvalue weighted by Crippen LogP contribution is 2.20. The van der Waals surface area contributed by atoms with Crippen molar-refractivity contribution < 1.29 is 4.79 Å². The largest absolute Gasteiger partial charge is 0.402 e. The standard InChI is InChI=1S/C25H26N4O/c1-17(26)22(18(2)28-21-8-4-3-5-9-21)16-19-12-14-20(15-13-19)25(30)29-24-11-7-6-10-23(24)27/h3-15H,16,26-27H2,1-2H3,(H,29,30). The lowest BCUT2D eigenvalue weighted by atomic mass is 9.99. The van der Waals surface area contributed by atoms with Gasteiger partial charge in [0.15, 0.2) is 0 Å². The highest BCUT2D eigenvalue weighted by Gasteiger charge is 2.10. The highest BCUT2D eigenvalue weighted by molar-refractivity contribution is 6.05. The molecule has 3 aromatic rings. The van der Waals surface area contributed by atoms with Gasteiger partial charge in [0.25, 0.3) is 5.91 Å². The molecule has 3 rings (SSSR count). The maximum atomic E-state index is 12.5. The molecule has 0 atom stereocenters. The molecule has 0 aliphatic heterocycles. The molecule has 0 aromatic heterocycles. The summed E-state index contributed by atoms with van der Waals surface area (Å²) in [6.45, 7) is 3.84. The molecule has 0 saturated carbocycles. The van der Waals surface area contributed by atoms with Crippen molar-refractivity contribution in [1.82, 2.24) is 0 Å². The number of rotatable bonds is 6. The zero-order valence-corrected chi connectivity index (χ0v) is 17.2. The Morgan fingerprint density at radius 2 is 1.53 bits per heavy atom. The summed E-state index contributed by atoms with van der Waals surface area (Å²) in [6, 6.07) is 24.4. The van der Waals surface area contributed by atoms with Gasteiger partial charge in [-0.15, -0.1) is 0 Å². The molecule has 0 radical (unpaired) electrons. The molecule has 0 saturated heterocycles. The smallest absolute Gasteiger partial charge is 0.255 e. The Bertz CT molecular complexity index is 1080. The number of hydrogen-bond donors (Lipinski definition) is 3. The predicted molar refractivity (Wildman–Crippen MR) is 125 cm³/mol. The lowest BCUT2D eigenvalue weighted by Crippen LogP contribution is -2.13. The average molecular weight is 399 g/mol. The van der Waals surface area contributed by atoms with Crippen LogP contribution in [0, 0.1) is 0 Å². The number of carbonyl (C=O) groups is 1. The van der Waals surface area contributed by atoms with E-state index in [0.29, 0.717) is 23.4 Å². The van der Waals surface area contributed by atoms with E-state index < -0.39 is 0 Å². The van der Waals surface area contributed by atoms with E-state index in [0.717, 1.165) is 28.2 Å². The zero-order valence-electron chi connectivity index (χ0n) is 17.2. The summed E-state index contributed by atoms with van der Waals surface area (Å²) in [7, 11) is 0. The molecular weight excluding hydrogens is 372 g/mol. The van der Waals surface area contributed by atoms with Gasteiger partial charge in [0.1, 0.15) is 0 Å². The first-order chi connectivity index (χ1) is 14.4. The van der Waals surface area contributed by atoms with Gasteiger partial charge in [0.05, 0.1) is 17.1 Å². The predicted octanol–water partition coefficient (Wildman–Crippen LogP) is 5.09. The number of allylic oxidation sites excluding steroid dienone is 2. The number of amides is 1. The average Bonchev–Trinajstić information content (AvgIpc) is 2.74. The van der Waals surface area contributed by atoms with Gasteiger partial charge in [-0.25, -0.2) is 0 Å². The van der Waals surface area contributed by atoms with E-state index >= 15 is 0 Å². The highest BCUT2D eigenvalue weighted by atomic mass is 16.1. The number of nitrogens with one attached hydrogen (secondary N) is 1. The zero-order chi connectivity index (χ0) is 21.5. The molecule has 1 amide bonds. The van der Waals surface area contributed by atoms with E-state index in [1.165, 1.54) is 0 Å². The normalized spacial score (nSPS) is 12.3. The summed E-state index contributed by atoms with van der Waals surface area (Å²) in [5.41, 5.74) is 18.3. The molecule has 0 fully saturated rings. The van der Waals surface area contributed by atoms with Crippen LogP contribution in [0.2, 0.25) is 0 Å². The fourth-order valence-corrected chi connectivity index (χ4v) is 3.10. The van der Waals surface area contributed by atoms with Crippen LogP contribution >= 0.6 is 0 Å². The third kappa shape index (κ3) is 5.35. The number of benzene rings is 3. The van der Waals surface area contributed by atoms with Crippen LogP contribution in [-0.4, -0.2) is 11.6 Å². The molecular formula is C25H26N4O. The molecule has 0 heterocycles. The second-order valence-electron chi connectivity index (χ2n) is 7.11. The molecule has 0 bridgehead atoms. The number of nitrogen functional groups attached to an aromatic ring is 1. The van der Waals surface area contributed by atoms with Crippen molar-refractivity contribution in [2.24, 2.45) is 10.7 Å². The van der Waals surface area contributed by atoms with Crippen molar-refractivity contribution >= 4 is 28.7 Å². The van der Waals surface area contributed by atoms with Crippen LogP contribution in [0.25, 0.3) is 0 Å². The molecule has 0 aliphatic rings. The summed E-state index contributed by atoms with van der Waals surface area (Å²) in [6.07, 6.45) is 0.637. The van der Waals surface area contributed by atoms with Gasteiger partial charge in [-0.1, -0.05) is 42.5 Å². The Morgan fingerprint density at radius 1 is 0.900 bits per heavy atom. The number of carbonyl (C=O) groups excluding carboxylic acids is 1. The number of nitrogens with zero attached hydrogens (tertiary/aromatic N) is 1. The van der Waals surface area contributed by atoms with Crippen LogP contribution in [0.15, 0.2) is 95.1 Å². The summed E-state index contributed by atoms with van der Waals surface area (Å²) < 4.78 is 0. The van der Waals surface area contributed by atoms with Crippen LogP contribution < -0.4 is 16.8 Å². The number of anilines is 2. The maximum absolute atomic E-state index is 12.5. The molecule has 5 N–H and O–H groups in total. The summed E-state index contributed by atoms with van der Waals surface area (Å²) >= 11 is 0.